The number of nitrogens with one attached hydrogen (secondary N) is 1. The molecule has 1 aliphatic rings. The Bertz CT molecular complexity index is 214. The van der Waals surface area contributed by atoms with Crippen LogP contribution in [0.3, 0.4) is 0 Å². The Hall–Kier alpha value is -0.480. The molecule has 0 heterocycles. The van der Waals surface area contributed by atoms with E-state index in [0.29, 0.717) is 6.04 Å². The molecular weight excluding hydrogens is 182 g/mol. The number of hydrogen-bond donors (Lipinski definition) is 1. The van der Waals surface area contributed by atoms with Crippen LogP contribution in [0.2, 0.25) is 0 Å². The van der Waals surface area contributed by atoms with E-state index < -0.39 is 0 Å². The molecule has 0 bridgehead atoms. The number of terminal acetylenes is 1. The zero-order valence-electron chi connectivity index (χ0n) is 10.4. The first-order valence-corrected chi connectivity index (χ1v) is 6.41. The van der Waals surface area contributed by atoms with Gasteiger partial charge in [0.2, 0.25) is 0 Å². The van der Waals surface area contributed by atoms with Gasteiger partial charge in [-0.3, -0.25) is 0 Å². The maximum Gasteiger partial charge on any atom is 0.0686 e. The zero-order valence-corrected chi connectivity index (χ0v) is 10.4. The predicted molar refractivity (Wildman–Crippen MR) is 66.6 cm³/mol. The molecule has 0 radical (unpaired) electrons. The third kappa shape index (κ3) is 3.54. The molecule has 1 saturated carbocycles. The number of hydrogen-bond acceptors (Lipinski definition) is 1. The molecule has 15 heavy (non-hydrogen) atoms. The highest BCUT2D eigenvalue weighted by Crippen LogP contribution is 2.30. The van der Waals surface area contributed by atoms with Gasteiger partial charge in [-0.05, 0) is 31.1 Å². The van der Waals surface area contributed by atoms with Crippen molar-refractivity contribution in [2.75, 3.05) is 0 Å². The molecule has 0 spiro atoms. The fraction of sp³-hybridized carbons (Fsp3) is 0.857. The topological polar surface area (TPSA) is 12.0 Å². The minimum atomic E-state index is 0.273. The van der Waals surface area contributed by atoms with Crippen LogP contribution in [0.1, 0.15) is 52.9 Å². The maximum atomic E-state index is 5.51. The molecule has 1 aliphatic carbocycles. The van der Waals surface area contributed by atoms with Gasteiger partial charge in [-0.15, -0.1) is 6.42 Å². The van der Waals surface area contributed by atoms with Crippen LogP contribution in [0.15, 0.2) is 0 Å². The first-order valence-electron chi connectivity index (χ1n) is 6.41. The van der Waals surface area contributed by atoms with Crippen molar-refractivity contribution in [2.24, 2.45) is 11.8 Å². The summed E-state index contributed by atoms with van der Waals surface area (Å²) in [6.45, 7) is 6.83. The van der Waals surface area contributed by atoms with Crippen LogP contribution in [0, 0.1) is 24.2 Å². The first kappa shape index (κ1) is 12.6. The standard InChI is InChI=1S/C14H25N/c1-5-12(6-2)15-14-10-8-7-9-13(14)11(3)4/h1,11-15H,6-10H2,2-4H3. The lowest BCUT2D eigenvalue weighted by molar-refractivity contribution is 0.199. The Morgan fingerprint density at radius 2 is 2.00 bits per heavy atom. The van der Waals surface area contributed by atoms with Gasteiger partial charge in [0.15, 0.2) is 0 Å². The van der Waals surface area contributed by atoms with Crippen molar-refractivity contribution in [3.05, 3.63) is 0 Å². The highest BCUT2D eigenvalue weighted by molar-refractivity contribution is 5.00. The average Bonchev–Trinajstić information content (AvgIpc) is 2.26. The second kappa shape index (κ2) is 6.18. The van der Waals surface area contributed by atoms with Crippen LogP contribution in [0.4, 0.5) is 0 Å². The van der Waals surface area contributed by atoms with E-state index in [4.69, 9.17) is 6.42 Å². The summed E-state index contributed by atoms with van der Waals surface area (Å²) in [5, 5.41) is 3.65. The van der Waals surface area contributed by atoms with E-state index in [0.717, 1.165) is 18.3 Å². The van der Waals surface area contributed by atoms with Gasteiger partial charge < -0.3 is 5.32 Å². The Balaban J connectivity index is 2.53. The second-order valence-electron chi connectivity index (χ2n) is 5.09. The molecule has 1 N–H and O–H groups in total. The van der Waals surface area contributed by atoms with E-state index in [1.54, 1.807) is 0 Å². The highest BCUT2D eigenvalue weighted by Gasteiger charge is 2.28. The smallest absolute Gasteiger partial charge is 0.0686 e. The van der Waals surface area contributed by atoms with Crippen molar-refractivity contribution in [3.8, 4) is 12.3 Å². The summed E-state index contributed by atoms with van der Waals surface area (Å²) < 4.78 is 0. The van der Waals surface area contributed by atoms with E-state index in [1.165, 1.54) is 25.7 Å². The molecule has 1 rings (SSSR count). The first-order chi connectivity index (χ1) is 7.19. The summed E-state index contributed by atoms with van der Waals surface area (Å²) in [5.74, 6) is 4.44. The second-order valence-corrected chi connectivity index (χ2v) is 5.09. The van der Waals surface area contributed by atoms with E-state index >= 15 is 0 Å². The number of rotatable bonds is 4. The van der Waals surface area contributed by atoms with E-state index in [-0.39, 0.29) is 6.04 Å². The van der Waals surface area contributed by atoms with Crippen LogP contribution >= 0.6 is 0 Å². The average molecular weight is 207 g/mol. The largest absolute Gasteiger partial charge is 0.301 e. The molecule has 86 valence electrons. The summed E-state index contributed by atoms with van der Waals surface area (Å²) in [6, 6.07) is 0.925. The Kier molecular flexibility index (Phi) is 5.19. The van der Waals surface area contributed by atoms with Crippen molar-refractivity contribution in [1.29, 1.82) is 0 Å². The molecular formula is C14H25N. The monoisotopic (exact) mass is 207 g/mol. The molecule has 0 aromatic heterocycles. The van der Waals surface area contributed by atoms with Gasteiger partial charge in [0.25, 0.3) is 0 Å². The fourth-order valence-corrected chi connectivity index (χ4v) is 2.71. The molecule has 1 nitrogen and oxygen atoms in total. The summed E-state index contributed by atoms with van der Waals surface area (Å²) >= 11 is 0. The van der Waals surface area contributed by atoms with Gasteiger partial charge >= 0.3 is 0 Å². The van der Waals surface area contributed by atoms with Crippen molar-refractivity contribution in [1.82, 2.24) is 5.32 Å². The van der Waals surface area contributed by atoms with Crippen LogP contribution in [0.5, 0.6) is 0 Å². The van der Waals surface area contributed by atoms with E-state index in [9.17, 15) is 0 Å². The lowest BCUT2D eigenvalue weighted by Gasteiger charge is -2.36. The molecule has 0 aliphatic heterocycles. The van der Waals surface area contributed by atoms with Crippen LogP contribution in [-0.2, 0) is 0 Å². The highest BCUT2D eigenvalue weighted by atomic mass is 15.0. The van der Waals surface area contributed by atoms with Gasteiger partial charge in [-0.1, -0.05) is 39.5 Å². The third-order valence-electron chi connectivity index (χ3n) is 3.70. The van der Waals surface area contributed by atoms with Crippen molar-refractivity contribution >= 4 is 0 Å². The lowest BCUT2D eigenvalue weighted by atomic mass is 9.77. The Morgan fingerprint density at radius 3 is 2.53 bits per heavy atom. The molecule has 0 aromatic carbocycles. The zero-order chi connectivity index (χ0) is 11.3. The molecule has 0 amide bonds. The van der Waals surface area contributed by atoms with E-state index in [2.05, 4.69) is 32.0 Å². The molecule has 1 heteroatoms. The van der Waals surface area contributed by atoms with Crippen LogP contribution < -0.4 is 5.32 Å². The summed E-state index contributed by atoms with van der Waals surface area (Å²) in [7, 11) is 0. The van der Waals surface area contributed by atoms with E-state index in [1.807, 2.05) is 0 Å². The SMILES string of the molecule is C#CC(CC)NC1CCCCC1C(C)C. The molecule has 1 fully saturated rings. The molecule has 3 atom stereocenters. The lowest BCUT2D eigenvalue weighted by Crippen LogP contribution is -2.45. The molecule has 0 aromatic rings. The van der Waals surface area contributed by atoms with Gasteiger partial charge in [-0.2, -0.15) is 0 Å². The van der Waals surface area contributed by atoms with Gasteiger partial charge in [0, 0.05) is 6.04 Å². The Labute approximate surface area is 95.0 Å². The minimum absolute atomic E-state index is 0.273. The summed E-state index contributed by atoms with van der Waals surface area (Å²) in [5.41, 5.74) is 0. The molecule has 0 saturated heterocycles. The van der Waals surface area contributed by atoms with Gasteiger partial charge in [0.1, 0.15) is 0 Å². The van der Waals surface area contributed by atoms with Crippen molar-refractivity contribution < 1.29 is 0 Å². The predicted octanol–water partition coefficient (Wildman–Crippen LogP) is 3.20. The Morgan fingerprint density at radius 1 is 1.33 bits per heavy atom. The van der Waals surface area contributed by atoms with Crippen molar-refractivity contribution in [2.45, 2.75) is 65.0 Å². The normalized spacial score (nSPS) is 28.7. The van der Waals surface area contributed by atoms with Crippen LogP contribution in [0.25, 0.3) is 0 Å². The van der Waals surface area contributed by atoms with Gasteiger partial charge in [0.05, 0.1) is 6.04 Å². The minimum Gasteiger partial charge on any atom is -0.301 e. The maximum absolute atomic E-state index is 5.51. The summed E-state index contributed by atoms with van der Waals surface area (Å²) in [4.78, 5) is 0. The summed E-state index contributed by atoms with van der Waals surface area (Å²) in [6.07, 6.45) is 12.0. The fourth-order valence-electron chi connectivity index (χ4n) is 2.71. The van der Waals surface area contributed by atoms with Gasteiger partial charge in [-0.25, -0.2) is 0 Å². The van der Waals surface area contributed by atoms with Crippen molar-refractivity contribution in [3.63, 3.8) is 0 Å². The quantitative estimate of drug-likeness (QED) is 0.698. The third-order valence-corrected chi connectivity index (χ3v) is 3.70. The van der Waals surface area contributed by atoms with Crippen LogP contribution in [-0.4, -0.2) is 12.1 Å². The molecule has 3 unspecified atom stereocenters.